The van der Waals surface area contributed by atoms with Crippen LogP contribution in [0.5, 0.6) is 0 Å². The molecule has 0 radical (unpaired) electrons. The van der Waals surface area contributed by atoms with Crippen molar-refractivity contribution in [2.24, 2.45) is 0 Å². The number of alkyl halides is 3. The van der Waals surface area contributed by atoms with E-state index in [9.17, 15) is 13.2 Å². The Morgan fingerprint density at radius 2 is 1.72 bits per heavy atom. The van der Waals surface area contributed by atoms with E-state index in [-0.39, 0.29) is 0 Å². The maximum Gasteiger partial charge on any atom is 0.416 e. The number of nitrogen functional groups attached to an aromatic ring is 1. The fourth-order valence-electron chi connectivity index (χ4n) is 1.51. The van der Waals surface area contributed by atoms with E-state index in [0.29, 0.717) is 21.4 Å². The van der Waals surface area contributed by atoms with Crippen molar-refractivity contribution in [3.05, 3.63) is 46.6 Å². The maximum atomic E-state index is 12.4. The first-order valence-corrected chi connectivity index (χ1v) is 5.76. The number of nitrogens with two attached hydrogens (primary N) is 1. The topological polar surface area (TPSA) is 38.9 Å². The van der Waals surface area contributed by atoms with Gasteiger partial charge in [-0.2, -0.15) is 13.2 Å². The summed E-state index contributed by atoms with van der Waals surface area (Å²) >= 11 is 3.28. The molecule has 0 saturated carbocycles. The van der Waals surface area contributed by atoms with Crippen LogP contribution >= 0.6 is 15.9 Å². The molecule has 0 spiro atoms. The number of nitrogens with zero attached hydrogens (tertiary/aromatic N) is 1. The molecule has 6 heteroatoms. The van der Waals surface area contributed by atoms with E-state index in [1.165, 1.54) is 18.3 Å². The minimum Gasteiger partial charge on any atom is -0.384 e. The number of hydrogen-bond acceptors (Lipinski definition) is 2. The predicted octanol–water partition coefficient (Wildman–Crippen LogP) is 4.11. The van der Waals surface area contributed by atoms with E-state index in [1.807, 2.05) is 0 Å². The normalized spacial score (nSPS) is 11.6. The first-order chi connectivity index (χ1) is 8.38. The second-order valence-corrected chi connectivity index (χ2v) is 4.52. The van der Waals surface area contributed by atoms with Crippen LogP contribution in [0.1, 0.15) is 5.56 Å². The van der Waals surface area contributed by atoms with E-state index < -0.39 is 11.7 Å². The minimum absolute atomic E-state index is 0.313. The van der Waals surface area contributed by atoms with Crippen molar-refractivity contribution >= 4 is 21.7 Å². The summed E-state index contributed by atoms with van der Waals surface area (Å²) in [4.78, 5) is 3.87. The molecule has 1 aromatic heterocycles. The fourth-order valence-corrected chi connectivity index (χ4v) is 1.96. The molecule has 2 aromatic rings. The van der Waals surface area contributed by atoms with Crippen molar-refractivity contribution in [1.82, 2.24) is 4.98 Å². The molecule has 0 saturated heterocycles. The zero-order chi connectivity index (χ0) is 13.3. The van der Waals surface area contributed by atoms with E-state index in [1.54, 1.807) is 6.07 Å². The smallest absolute Gasteiger partial charge is 0.384 e. The Labute approximate surface area is 110 Å². The van der Waals surface area contributed by atoms with Gasteiger partial charge in [0.15, 0.2) is 0 Å². The second kappa shape index (κ2) is 4.61. The van der Waals surface area contributed by atoms with Crippen molar-refractivity contribution in [2.45, 2.75) is 6.18 Å². The number of aromatic nitrogens is 1. The van der Waals surface area contributed by atoms with Crippen LogP contribution in [-0.4, -0.2) is 4.98 Å². The maximum absolute atomic E-state index is 12.4. The number of halogens is 4. The van der Waals surface area contributed by atoms with Gasteiger partial charge in [0.25, 0.3) is 0 Å². The zero-order valence-corrected chi connectivity index (χ0v) is 10.6. The van der Waals surface area contributed by atoms with Crippen LogP contribution in [0.15, 0.2) is 41.0 Å². The molecule has 0 aliphatic heterocycles. The van der Waals surface area contributed by atoms with E-state index in [4.69, 9.17) is 5.73 Å². The Bertz CT molecular complexity index is 565. The van der Waals surface area contributed by atoms with Crippen LogP contribution in [0, 0.1) is 0 Å². The largest absolute Gasteiger partial charge is 0.416 e. The quantitative estimate of drug-likeness (QED) is 0.859. The number of anilines is 1. The molecule has 0 amide bonds. The summed E-state index contributed by atoms with van der Waals surface area (Å²) in [6.45, 7) is 0. The number of benzene rings is 1. The summed E-state index contributed by atoms with van der Waals surface area (Å²) < 4.78 is 38.0. The summed E-state index contributed by atoms with van der Waals surface area (Å²) in [5.41, 5.74) is 6.22. The molecule has 2 N–H and O–H groups in total. The Balaban J connectivity index is 2.43. The molecule has 2 rings (SSSR count). The van der Waals surface area contributed by atoms with Gasteiger partial charge in [0.05, 0.1) is 5.56 Å². The highest BCUT2D eigenvalue weighted by Gasteiger charge is 2.30. The van der Waals surface area contributed by atoms with Gasteiger partial charge in [0.2, 0.25) is 0 Å². The summed E-state index contributed by atoms with van der Waals surface area (Å²) in [5.74, 6) is 0.313. The lowest BCUT2D eigenvalue weighted by Gasteiger charge is -2.09. The van der Waals surface area contributed by atoms with Crippen LogP contribution in [0.2, 0.25) is 0 Å². The Morgan fingerprint density at radius 1 is 1.11 bits per heavy atom. The van der Waals surface area contributed by atoms with E-state index in [0.717, 1.165) is 12.1 Å². The van der Waals surface area contributed by atoms with Gasteiger partial charge < -0.3 is 5.73 Å². The van der Waals surface area contributed by atoms with Crippen molar-refractivity contribution in [2.75, 3.05) is 5.73 Å². The van der Waals surface area contributed by atoms with Gasteiger partial charge in [-0.1, -0.05) is 12.1 Å². The van der Waals surface area contributed by atoms with Crippen LogP contribution in [-0.2, 0) is 6.18 Å². The Morgan fingerprint density at radius 3 is 2.28 bits per heavy atom. The molecular weight excluding hydrogens is 309 g/mol. The fraction of sp³-hybridized carbons (Fsp3) is 0.0833. The molecule has 2 nitrogen and oxygen atoms in total. The lowest BCUT2D eigenvalue weighted by Crippen LogP contribution is -2.04. The predicted molar refractivity (Wildman–Crippen MR) is 66.8 cm³/mol. The third-order valence-corrected chi connectivity index (χ3v) is 3.03. The molecule has 1 aromatic carbocycles. The average molecular weight is 317 g/mol. The Hall–Kier alpha value is -1.56. The lowest BCUT2D eigenvalue weighted by atomic mass is 10.0. The molecule has 0 unspecified atom stereocenters. The molecular formula is C12H8BrF3N2. The average Bonchev–Trinajstić information content (AvgIpc) is 2.31. The second-order valence-electron chi connectivity index (χ2n) is 3.66. The van der Waals surface area contributed by atoms with Crippen molar-refractivity contribution in [1.29, 1.82) is 0 Å². The summed E-state index contributed by atoms with van der Waals surface area (Å²) in [5, 5.41) is 0. The van der Waals surface area contributed by atoms with Crippen LogP contribution < -0.4 is 5.73 Å². The summed E-state index contributed by atoms with van der Waals surface area (Å²) in [6, 6.07) is 6.49. The molecule has 18 heavy (non-hydrogen) atoms. The van der Waals surface area contributed by atoms with Gasteiger partial charge >= 0.3 is 6.18 Å². The van der Waals surface area contributed by atoms with Gasteiger partial charge in [0.1, 0.15) is 5.82 Å². The van der Waals surface area contributed by atoms with E-state index in [2.05, 4.69) is 20.9 Å². The van der Waals surface area contributed by atoms with Gasteiger partial charge in [-0.3, -0.25) is 0 Å². The Kier molecular flexibility index (Phi) is 3.30. The number of pyridine rings is 1. The van der Waals surface area contributed by atoms with Gasteiger partial charge in [-0.15, -0.1) is 0 Å². The minimum atomic E-state index is -4.33. The molecule has 94 valence electrons. The zero-order valence-electron chi connectivity index (χ0n) is 9.00. The summed E-state index contributed by atoms with van der Waals surface area (Å²) in [7, 11) is 0. The third-order valence-electron chi connectivity index (χ3n) is 2.40. The molecule has 0 aliphatic rings. The molecule has 1 heterocycles. The number of hydrogen-bond donors (Lipinski definition) is 1. The third kappa shape index (κ3) is 2.64. The van der Waals surface area contributed by atoms with Gasteiger partial charge in [-0.05, 0) is 39.7 Å². The first kappa shape index (κ1) is 12.9. The molecule has 0 aliphatic carbocycles. The van der Waals surface area contributed by atoms with Crippen LogP contribution in [0.4, 0.5) is 19.0 Å². The number of rotatable bonds is 1. The van der Waals surface area contributed by atoms with Crippen molar-refractivity contribution < 1.29 is 13.2 Å². The van der Waals surface area contributed by atoms with Gasteiger partial charge in [0, 0.05) is 16.2 Å². The SMILES string of the molecule is Nc1cc(-c2ccc(C(F)(F)F)cc2)c(Br)cn1. The highest BCUT2D eigenvalue weighted by Crippen LogP contribution is 2.33. The molecule has 0 atom stereocenters. The highest BCUT2D eigenvalue weighted by molar-refractivity contribution is 9.10. The van der Waals surface area contributed by atoms with E-state index >= 15 is 0 Å². The van der Waals surface area contributed by atoms with Crippen molar-refractivity contribution in [3.8, 4) is 11.1 Å². The monoisotopic (exact) mass is 316 g/mol. The van der Waals surface area contributed by atoms with Gasteiger partial charge in [-0.25, -0.2) is 4.98 Å². The van der Waals surface area contributed by atoms with Crippen molar-refractivity contribution in [3.63, 3.8) is 0 Å². The van der Waals surface area contributed by atoms with Crippen LogP contribution in [0.25, 0.3) is 11.1 Å². The first-order valence-electron chi connectivity index (χ1n) is 4.96. The standard InChI is InChI=1S/C12H8BrF3N2/c13-10-6-18-11(17)5-9(10)7-1-3-8(4-2-7)12(14,15)16/h1-6H,(H2,17,18). The highest BCUT2D eigenvalue weighted by atomic mass is 79.9. The lowest BCUT2D eigenvalue weighted by molar-refractivity contribution is -0.137. The summed E-state index contributed by atoms with van der Waals surface area (Å²) in [6.07, 6.45) is -2.81. The van der Waals surface area contributed by atoms with Crippen LogP contribution in [0.3, 0.4) is 0 Å². The molecule has 0 bridgehead atoms. The molecule has 0 fully saturated rings.